The van der Waals surface area contributed by atoms with Crippen LogP contribution in [0, 0.1) is 6.92 Å². The minimum Gasteiger partial charge on any atom is -0.386 e. The van der Waals surface area contributed by atoms with Gasteiger partial charge in [-0.3, -0.25) is 0 Å². The number of hydrogen-bond acceptors (Lipinski definition) is 7. The molecular formula is C15H18N4OS2. The number of thiophene rings is 2. The van der Waals surface area contributed by atoms with Crippen LogP contribution in [0.2, 0.25) is 0 Å². The molecule has 0 radical (unpaired) electrons. The fourth-order valence-electron chi connectivity index (χ4n) is 2.27. The normalized spacial score (nSPS) is 14.2. The van der Waals surface area contributed by atoms with Gasteiger partial charge in [0.05, 0.1) is 16.6 Å². The molecule has 3 heterocycles. The average Bonchev–Trinajstić information content (AvgIpc) is 3.13. The Bertz CT molecular complexity index is 767. The van der Waals surface area contributed by atoms with Crippen molar-refractivity contribution < 1.29 is 5.11 Å². The highest BCUT2D eigenvalue weighted by atomic mass is 32.1. The van der Waals surface area contributed by atoms with E-state index in [0.29, 0.717) is 0 Å². The summed E-state index contributed by atoms with van der Waals surface area (Å²) in [4.78, 5) is 2.12. The summed E-state index contributed by atoms with van der Waals surface area (Å²) in [5.41, 5.74) is 8.55. The monoisotopic (exact) mass is 334 g/mol. The van der Waals surface area contributed by atoms with E-state index >= 15 is 0 Å². The summed E-state index contributed by atoms with van der Waals surface area (Å²) in [5.74, 6) is 0. The summed E-state index contributed by atoms with van der Waals surface area (Å²) < 4.78 is 1.01. The maximum atomic E-state index is 10.3. The molecule has 5 nitrogen and oxygen atoms in total. The molecule has 3 aromatic rings. The van der Waals surface area contributed by atoms with Crippen LogP contribution in [0.15, 0.2) is 23.7 Å². The lowest BCUT2D eigenvalue weighted by atomic mass is 10.1. The fourth-order valence-corrected chi connectivity index (χ4v) is 4.25. The van der Waals surface area contributed by atoms with Crippen molar-refractivity contribution in [1.29, 1.82) is 0 Å². The Morgan fingerprint density at radius 3 is 2.95 bits per heavy atom. The van der Waals surface area contributed by atoms with Crippen LogP contribution in [0.4, 0.5) is 5.69 Å². The van der Waals surface area contributed by atoms with Crippen molar-refractivity contribution >= 4 is 38.6 Å². The molecule has 4 N–H and O–H groups in total. The summed E-state index contributed by atoms with van der Waals surface area (Å²) in [6, 6.07) is 3.81. The Morgan fingerprint density at radius 2 is 2.27 bits per heavy atom. The number of nitrogens with zero attached hydrogens (tertiary/aromatic N) is 2. The summed E-state index contributed by atoms with van der Waals surface area (Å²) in [5, 5.41) is 24.0. The highest BCUT2D eigenvalue weighted by molar-refractivity contribution is 7.20. The van der Waals surface area contributed by atoms with Crippen molar-refractivity contribution in [2.45, 2.75) is 32.5 Å². The van der Waals surface area contributed by atoms with E-state index in [2.05, 4.69) is 27.0 Å². The van der Waals surface area contributed by atoms with Gasteiger partial charge in [-0.15, -0.1) is 27.8 Å². The Labute approximate surface area is 136 Å². The zero-order valence-corrected chi connectivity index (χ0v) is 14.0. The number of rotatable bonds is 5. The van der Waals surface area contributed by atoms with Crippen molar-refractivity contribution in [3.63, 3.8) is 0 Å². The quantitative estimate of drug-likeness (QED) is 0.668. The molecule has 0 saturated carbocycles. The van der Waals surface area contributed by atoms with Crippen molar-refractivity contribution in [2.24, 2.45) is 5.73 Å². The predicted octanol–water partition coefficient (Wildman–Crippen LogP) is 3.05. The van der Waals surface area contributed by atoms with E-state index in [1.807, 2.05) is 13.0 Å². The first-order valence-corrected chi connectivity index (χ1v) is 8.72. The Balaban J connectivity index is 1.96. The van der Waals surface area contributed by atoms with Crippen LogP contribution in [0.3, 0.4) is 0 Å². The third-order valence-electron chi connectivity index (χ3n) is 3.54. The van der Waals surface area contributed by atoms with Gasteiger partial charge in [-0.1, -0.05) is 6.07 Å². The first kappa shape index (κ1) is 15.4. The van der Waals surface area contributed by atoms with E-state index in [1.165, 1.54) is 16.2 Å². The standard InChI is InChI=1S/C15H18N4OS2/c1-8-12-15(22-14(8)13(20)9(2)16)11(7-18-19-12)17-6-10-4-3-5-21-10/h3-5,7,9,13,20H,6,16H2,1-2H3,(H,17,19)/t9-,13-/m0/s1. The summed E-state index contributed by atoms with van der Waals surface area (Å²) >= 11 is 3.25. The van der Waals surface area contributed by atoms with E-state index in [4.69, 9.17) is 5.73 Å². The fraction of sp³-hybridized carbons (Fsp3) is 0.333. The second-order valence-corrected chi connectivity index (χ2v) is 7.35. The molecule has 0 saturated heterocycles. The molecule has 0 fully saturated rings. The van der Waals surface area contributed by atoms with Crippen LogP contribution < -0.4 is 11.1 Å². The third kappa shape index (κ3) is 2.85. The minimum atomic E-state index is -0.677. The molecule has 0 amide bonds. The molecule has 0 aromatic carbocycles. The molecule has 22 heavy (non-hydrogen) atoms. The van der Waals surface area contributed by atoms with Gasteiger partial charge in [0.2, 0.25) is 0 Å². The van der Waals surface area contributed by atoms with Crippen LogP contribution in [0.5, 0.6) is 0 Å². The molecule has 0 spiro atoms. The van der Waals surface area contributed by atoms with Gasteiger partial charge in [-0.2, -0.15) is 5.10 Å². The Hall–Kier alpha value is -1.54. The first-order chi connectivity index (χ1) is 10.6. The van der Waals surface area contributed by atoms with Gasteiger partial charge in [0.15, 0.2) is 0 Å². The molecule has 3 rings (SSSR count). The number of aromatic nitrogens is 2. The van der Waals surface area contributed by atoms with Crippen LogP contribution in [-0.4, -0.2) is 21.3 Å². The van der Waals surface area contributed by atoms with Gasteiger partial charge < -0.3 is 16.2 Å². The molecule has 0 unspecified atom stereocenters. The second-order valence-electron chi connectivity index (χ2n) is 5.26. The van der Waals surface area contributed by atoms with E-state index < -0.39 is 6.10 Å². The van der Waals surface area contributed by atoms with E-state index in [0.717, 1.165) is 32.9 Å². The van der Waals surface area contributed by atoms with Crippen molar-refractivity contribution in [3.8, 4) is 0 Å². The third-order valence-corrected chi connectivity index (χ3v) is 5.80. The van der Waals surface area contributed by atoms with Crippen molar-refractivity contribution in [2.75, 3.05) is 5.32 Å². The van der Waals surface area contributed by atoms with Crippen molar-refractivity contribution in [3.05, 3.63) is 39.0 Å². The van der Waals surface area contributed by atoms with Crippen LogP contribution in [-0.2, 0) is 6.54 Å². The van der Waals surface area contributed by atoms with Crippen LogP contribution in [0.25, 0.3) is 10.2 Å². The first-order valence-electron chi connectivity index (χ1n) is 7.02. The molecule has 0 aliphatic rings. The lowest BCUT2D eigenvalue weighted by molar-refractivity contribution is 0.156. The van der Waals surface area contributed by atoms with Gasteiger partial charge in [-0.05, 0) is 30.9 Å². The molecule has 0 aliphatic carbocycles. The lowest BCUT2D eigenvalue weighted by Crippen LogP contribution is -2.24. The summed E-state index contributed by atoms with van der Waals surface area (Å²) in [6.45, 7) is 4.51. The maximum Gasteiger partial charge on any atom is 0.109 e. The zero-order valence-electron chi connectivity index (χ0n) is 12.4. The molecule has 2 atom stereocenters. The number of fused-ring (bicyclic) bond motifs is 1. The molecule has 7 heteroatoms. The number of nitrogens with one attached hydrogen (secondary N) is 1. The molecule has 3 aromatic heterocycles. The van der Waals surface area contributed by atoms with Crippen LogP contribution in [0.1, 0.15) is 28.3 Å². The maximum absolute atomic E-state index is 10.3. The molecule has 0 aliphatic heterocycles. The number of anilines is 1. The van der Waals surface area contributed by atoms with Gasteiger partial charge in [0.25, 0.3) is 0 Å². The van der Waals surface area contributed by atoms with E-state index in [9.17, 15) is 5.11 Å². The lowest BCUT2D eigenvalue weighted by Gasteiger charge is -2.13. The number of aliphatic hydroxyl groups is 1. The zero-order chi connectivity index (χ0) is 15.7. The van der Waals surface area contributed by atoms with E-state index in [-0.39, 0.29) is 6.04 Å². The van der Waals surface area contributed by atoms with Gasteiger partial charge >= 0.3 is 0 Å². The Morgan fingerprint density at radius 1 is 1.45 bits per heavy atom. The number of aryl methyl sites for hydroxylation is 1. The predicted molar refractivity (Wildman–Crippen MR) is 92.4 cm³/mol. The summed E-state index contributed by atoms with van der Waals surface area (Å²) in [7, 11) is 0. The molecule has 0 bridgehead atoms. The topological polar surface area (TPSA) is 84.1 Å². The SMILES string of the molecule is Cc1c([C@@H](O)[C@H](C)N)sc2c(NCc3cccs3)cnnc12. The number of aliphatic hydroxyl groups excluding tert-OH is 1. The minimum absolute atomic E-state index is 0.317. The Kier molecular flexibility index (Phi) is 4.39. The molecule has 116 valence electrons. The second kappa shape index (κ2) is 6.29. The van der Waals surface area contributed by atoms with Gasteiger partial charge in [0, 0.05) is 22.3 Å². The highest BCUT2D eigenvalue weighted by Crippen LogP contribution is 2.38. The number of nitrogens with two attached hydrogens (primary N) is 1. The molecular weight excluding hydrogens is 316 g/mol. The average molecular weight is 334 g/mol. The van der Waals surface area contributed by atoms with Crippen molar-refractivity contribution in [1.82, 2.24) is 10.2 Å². The van der Waals surface area contributed by atoms with Gasteiger partial charge in [-0.25, -0.2) is 0 Å². The van der Waals surface area contributed by atoms with Gasteiger partial charge in [0.1, 0.15) is 11.6 Å². The summed E-state index contributed by atoms with van der Waals surface area (Å²) in [6.07, 6.45) is 1.05. The largest absolute Gasteiger partial charge is 0.386 e. The smallest absolute Gasteiger partial charge is 0.109 e. The number of hydrogen-bond donors (Lipinski definition) is 3. The van der Waals surface area contributed by atoms with Crippen LogP contribution >= 0.6 is 22.7 Å². The van der Waals surface area contributed by atoms with E-state index in [1.54, 1.807) is 24.5 Å². The highest BCUT2D eigenvalue weighted by Gasteiger charge is 2.21.